The van der Waals surface area contributed by atoms with Gasteiger partial charge in [0.15, 0.2) is 0 Å². The lowest BCUT2D eigenvalue weighted by Crippen LogP contribution is -2.26. The van der Waals surface area contributed by atoms with Crippen LogP contribution in [0.25, 0.3) is 0 Å². The van der Waals surface area contributed by atoms with Gasteiger partial charge in [-0.15, -0.1) is 0 Å². The van der Waals surface area contributed by atoms with Crippen LogP contribution in [0.4, 0.5) is 15.8 Å². The molecule has 0 aliphatic carbocycles. The maximum Gasteiger partial charge on any atom is 0.258 e. The molecule has 2 aromatic carbocycles. The van der Waals surface area contributed by atoms with Gasteiger partial charge in [0.25, 0.3) is 11.8 Å². The maximum atomic E-state index is 13.6. The zero-order chi connectivity index (χ0) is 16.9. The zero-order valence-corrected chi connectivity index (χ0v) is 12.9. The minimum atomic E-state index is -0.574. The molecule has 0 radical (unpaired) electrons. The van der Waals surface area contributed by atoms with Crippen LogP contribution in [0.5, 0.6) is 0 Å². The molecule has 1 aliphatic heterocycles. The minimum Gasteiger partial charge on any atom is -0.368 e. The zero-order valence-electron chi connectivity index (χ0n) is 12.9. The number of amides is 2. The molecule has 1 heterocycles. The summed E-state index contributed by atoms with van der Waals surface area (Å²) in [4.78, 5) is 24.0. The van der Waals surface area contributed by atoms with Gasteiger partial charge in [-0.3, -0.25) is 9.59 Å². The normalized spacial score (nSPS) is 16.6. The van der Waals surface area contributed by atoms with Crippen LogP contribution in [0, 0.1) is 5.82 Å². The van der Waals surface area contributed by atoms with Crippen molar-refractivity contribution in [2.75, 3.05) is 17.2 Å². The fourth-order valence-corrected chi connectivity index (χ4v) is 2.49. The molecule has 0 aromatic heterocycles. The van der Waals surface area contributed by atoms with Gasteiger partial charge in [0.1, 0.15) is 11.9 Å². The van der Waals surface area contributed by atoms with E-state index in [-0.39, 0.29) is 11.5 Å². The number of hydrogen-bond acceptors (Lipinski definition) is 3. The van der Waals surface area contributed by atoms with Crippen molar-refractivity contribution in [3.05, 3.63) is 59.9 Å². The Morgan fingerprint density at radius 2 is 1.67 bits per heavy atom. The van der Waals surface area contributed by atoms with E-state index in [9.17, 15) is 14.0 Å². The van der Waals surface area contributed by atoms with E-state index < -0.39 is 17.8 Å². The van der Waals surface area contributed by atoms with Crippen molar-refractivity contribution in [1.29, 1.82) is 0 Å². The summed E-state index contributed by atoms with van der Waals surface area (Å²) in [7, 11) is 0. The molecular formula is C18H17FN2O3. The third-order valence-electron chi connectivity index (χ3n) is 3.75. The Bertz CT molecular complexity index is 740. The van der Waals surface area contributed by atoms with E-state index in [2.05, 4.69) is 10.6 Å². The van der Waals surface area contributed by atoms with Crippen LogP contribution >= 0.6 is 0 Å². The molecule has 1 fully saturated rings. The van der Waals surface area contributed by atoms with E-state index in [0.29, 0.717) is 18.0 Å². The number of carbonyl (C=O) groups excluding carboxylic acids is 2. The minimum absolute atomic E-state index is 0.0201. The smallest absolute Gasteiger partial charge is 0.258 e. The van der Waals surface area contributed by atoms with Crippen molar-refractivity contribution in [2.45, 2.75) is 18.9 Å². The highest BCUT2D eigenvalue weighted by Gasteiger charge is 2.23. The van der Waals surface area contributed by atoms with Crippen LogP contribution in [-0.4, -0.2) is 24.5 Å². The third-order valence-corrected chi connectivity index (χ3v) is 3.75. The summed E-state index contributed by atoms with van der Waals surface area (Å²) < 4.78 is 18.9. The molecule has 124 valence electrons. The molecule has 5 nitrogen and oxygen atoms in total. The fraction of sp³-hybridized carbons (Fsp3) is 0.222. The van der Waals surface area contributed by atoms with Gasteiger partial charge in [-0.1, -0.05) is 12.1 Å². The predicted octanol–water partition coefficient (Wildman–Crippen LogP) is 3.20. The van der Waals surface area contributed by atoms with Crippen LogP contribution in [0.15, 0.2) is 48.5 Å². The second-order valence-electron chi connectivity index (χ2n) is 5.50. The first kappa shape index (κ1) is 16.1. The number of nitrogens with one attached hydrogen (secondary N) is 2. The van der Waals surface area contributed by atoms with Crippen LogP contribution in [0.1, 0.15) is 23.2 Å². The number of carbonyl (C=O) groups is 2. The standard InChI is InChI=1S/C18H17FN2O3/c19-15-5-2-1-4-14(15)17(22)20-12-7-9-13(10-8-12)21-18(23)16-6-3-11-24-16/h1-2,4-5,7-10,16H,3,6,11H2,(H,20,22)(H,21,23). The Kier molecular flexibility index (Phi) is 4.86. The summed E-state index contributed by atoms with van der Waals surface area (Å²) >= 11 is 0. The molecule has 1 atom stereocenters. The molecular weight excluding hydrogens is 311 g/mol. The van der Waals surface area contributed by atoms with Gasteiger partial charge in [0.05, 0.1) is 5.56 Å². The van der Waals surface area contributed by atoms with Crippen LogP contribution in [-0.2, 0) is 9.53 Å². The second kappa shape index (κ2) is 7.23. The van der Waals surface area contributed by atoms with Gasteiger partial charge < -0.3 is 15.4 Å². The fourth-order valence-electron chi connectivity index (χ4n) is 2.49. The quantitative estimate of drug-likeness (QED) is 0.906. The lowest BCUT2D eigenvalue weighted by molar-refractivity contribution is -0.124. The Morgan fingerprint density at radius 1 is 1.00 bits per heavy atom. The Morgan fingerprint density at radius 3 is 2.29 bits per heavy atom. The topological polar surface area (TPSA) is 67.4 Å². The summed E-state index contributed by atoms with van der Waals surface area (Å²) in [5.74, 6) is -1.27. The maximum absolute atomic E-state index is 13.6. The summed E-state index contributed by atoms with van der Waals surface area (Å²) in [5, 5.41) is 5.39. The number of hydrogen-bond donors (Lipinski definition) is 2. The van der Waals surface area contributed by atoms with Gasteiger partial charge in [-0.05, 0) is 49.2 Å². The van der Waals surface area contributed by atoms with Crippen molar-refractivity contribution in [1.82, 2.24) is 0 Å². The van der Waals surface area contributed by atoms with E-state index in [1.807, 2.05) is 0 Å². The summed E-state index contributed by atoms with van der Waals surface area (Å²) in [6.07, 6.45) is 1.22. The Hall–Kier alpha value is -2.73. The van der Waals surface area contributed by atoms with Crippen molar-refractivity contribution in [2.24, 2.45) is 0 Å². The molecule has 1 saturated heterocycles. The van der Waals surface area contributed by atoms with Gasteiger partial charge in [-0.25, -0.2) is 4.39 Å². The van der Waals surface area contributed by atoms with Crippen molar-refractivity contribution >= 4 is 23.2 Å². The summed E-state index contributed by atoms with van der Waals surface area (Å²) in [6.45, 7) is 0.610. The molecule has 6 heteroatoms. The molecule has 2 N–H and O–H groups in total. The SMILES string of the molecule is O=C(Nc1ccc(NC(=O)C2CCCO2)cc1)c1ccccc1F. The summed E-state index contributed by atoms with van der Waals surface area (Å²) in [5.41, 5.74) is 1.10. The molecule has 24 heavy (non-hydrogen) atoms. The molecule has 3 rings (SSSR count). The third kappa shape index (κ3) is 3.78. The number of ether oxygens (including phenoxy) is 1. The largest absolute Gasteiger partial charge is 0.368 e. The van der Waals surface area contributed by atoms with E-state index in [1.165, 1.54) is 18.2 Å². The lowest BCUT2D eigenvalue weighted by Gasteiger charge is -2.11. The van der Waals surface area contributed by atoms with Gasteiger partial charge >= 0.3 is 0 Å². The highest BCUT2D eigenvalue weighted by Crippen LogP contribution is 2.18. The molecule has 1 aliphatic rings. The van der Waals surface area contributed by atoms with Gasteiger partial charge in [0, 0.05) is 18.0 Å². The first-order valence-corrected chi connectivity index (χ1v) is 7.72. The first-order chi connectivity index (χ1) is 11.6. The van der Waals surface area contributed by atoms with Crippen LogP contribution < -0.4 is 10.6 Å². The Labute approximate surface area is 138 Å². The van der Waals surface area contributed by atoms with Crippen molar-refractivity contribution < 1.29 is 18.7 Å². The predicted molar refractivity (Wildman–Crippen MR) is 88.4 cm³/mol. The van der Waals surface area contributed by atoms with E-state index >= 15 is 0 Å². The van der Waals surface area contributed by atoms with E-state index in [1.54, 1.807) is 30.3 Å². The molecule has 2 amide bonds. The molecule has 0 saturated carbocycles. The van der Waals surface area contributed by atoms with Crippen molar-refractivity contribution in [3.8, 4) is 0 Å². The van der Waals surface area contributed by atoms with Gasteiger partial charge in [-0.2, -0.15) is 0 Å². The number of benzene rings is 2. The van der Waals surface area contributed by atoms with E-state index in [4.69, 9.17) is 4.74 Å². The molecule has 2 aromatic rings. The average molecular weight is 328 g/mol. The summed E-state index contributed by atoms with van der Waals surface area (Å²) in [6, 6.07) is 12.4. The lowest BCUT2D eigenvalue weighted by atomic mass is 10.2. The number of halogens is 1. The molecule has 0 bridgehead atoms. The molecule has 1 unspecified atom stereocenters. The number of anilines is 2. The van der Waals surface area contributed by atoms with Crippen LogP contribution in [0.3, 0.4) is 0 Å². The Balaban J connectivity index is 1.61. The highest BCUT2D eigenvalue weighted by molar-refractivity contribution is 6.04. The van der Waals surface area contributed by atoms with E-state index in [0.717, 1.165) is 12.8 Å². The highest BCUT2D eigenvalue weighted by atomic mass is 19.1. The second-order valence-corrected chi connectivity index (χ2v) is 5.50. The van der Waals surface area contributed by atoms with Crippen molar-refractivity contribution in [3.63, 3.8) is 0 Å². The molecule has 0 spiro atoms. The first-order valence-electron chi connectivity index (χ1n) is 7.72. The average Bonchev–Trinajstić information content (AvgIpc) is 3.11. The monoisotopic (exact) mass is 328 g/mol. The van der Waals surface area contributed by atoms with Gasteiger partial charge in [0.2, 0.25) is 0 Å². The number of rotatable bonds is 4. The van der Waals surface area contributed by atoms with Crippen LogP contribution in [0.2, 0.25) is 0 Å².